The summed E-state index contributed by atoms with van der Waals surface area (Å²) in [6, 6.07) is 2.13. The van der Waals surface area contributed by atoms with Gasteiger partial charge >= 0.3 is 12.0 Å². The SMILES string of the molecule is Cl.O=C1N[C@@H](c2ccc(O)c(Cl)c2)C(F)(F)CO1. The van der Waals surface area contributed by atoms with Crippen molar-refractivity contribution in [2.75, 3.05) is 6.61 Å². The summed E-state index contributed by atoms with van der Waals surface area (Å²) < 4.78 is 31.2. The minimum atomic E-state index is -3.23. The largest absolute Gasteiger partial charge is 0.506 e. The molecule has 0 aliphatic carbocycles. The molecule has 0 saturated carbocycles. The van der Waals surface area contributed by atoms with Crippen LogP contribution in [0, 0.1) is 0 Å². The number of alkyl halides is 2. The van der Waals surface area contributed by atoms with Crippen molar-refractivity contribution < 1.29 is 23.4 Å². The molecule has 4 nitrogen and oxygen atoms in total. The molecule has 0 bridgehead atoms. The van der Waals surface area contributed by atoms with E-state index in [1.54, 1.807) is 0 Å². The van der Waals surface area contributed by atoms with Gasteiger partial charge in [-0.05, 0) is 17.7 Å². The zero-order valence-electron chi connectivity index (χ0n) is 8.82. The number of cyclic esters (lactones) is 1. The molecule has 1 amide bonds. The van der Waals surface area contributed by atoms with E-state index in [1.165, 1.54) is 18.2 Å². The zero-order chi connectivity index (χ0) is 12.6. The Labute approximate surface area is 112 Å². The molecular weight excluding hydrogens is 291 g/mol. The Morgan fingerprint density at radius 3 is 2.78 bits per heavy atom. The molecule has 1 saturated heterocycles. The lowest BCUT2D eigenvalue weighted by Crippen LogP contribution is -2.49. The topological polar surface area (TPSA) is 58.6 Å². The van der Waals surface area contributed by atoms with Gasteiger partial charge in [-0.2, -0.15) is 0 Å². The van der Waals surface area contributed by atoms with Crippen molar-refractivity contribution in [3.8, 4) is 5.75 Å². The second-order valence-electron chi connectivity index (χ2n) is 3.63. The summed E-state index contributed by atoms with van der Waals surface area (Å²) in [5.74, 6) is -3.44. The minimum Gasteiger partial charge on any atom is -0.506 e. The third-order valence-corrected chi connectivity index (χ3v) is 2.69. The number of hydrogen-bond acceptors (Lipinski definition) is 3. The summed E-state index contributed by atoms with van der Waals surface area (Å²) in [6.45, 7) is -0.984. The van der Waals surface area contributed by atoms with Crippen molar-refractivity contribution in [1.29, 1.82) is 0 Å². The first-order chi connectivity index (χ1) is 7.90. The Morgan fingerprint density at radius 1 is 1.50 bits per heavy atom. The highest BCUT2D eigenvalue weighted by Gasteiger charge is 2.46. The number of phenolic OH excluding ortho intramolecular Hbond substituents is 1. The maximum Gasteiger partial charge on any atom is 0.408 e. The average Bonchev–Trinajstić information content (AvgIpc) is 2.26. The number of amides is 1. The van der Waals surface area contributed by atoms with Gasteiger partial charge in [-0.25, -0.2) is 13.6 Å². The van der Waals surface area contributed by atoms with Crippen LogP contribution in [-0.2, 0) is 4.74 Å². The van der Waals surface area contributed by atoms with Gasteiger partial charge in [-0.1, -0.05) is 17.7 Å². The van der Waals surface area contributed by atoms with Crippen molar-refractivity contribution in [3.05, 3.63) is 28.8 Å². The number of carbonyl (C=O) groups excluding carboxylic acids is 1. The standard InChI is InChI=1S/C10H8ClF2NO3.ClH/c11-6-3-5(1-2-7(6)15)8-10(12,13)4-17-9(16)14-8;/h1-3,8,15H,4H2,(H,14,16);1H/t8-;/m0./s1. The predicted molar refractivity (Wildman–Crippen MR) is 62.5 cm³/mol. The first-order valence-electron chi connectivity index (χ1n) is 4.70. The predicted octanol–water partition coefficient (Wildman–Crippen LogP) is 2.88. The molecule has 1 heterocycles. The summed E-state index contributed by atoms with van der Waals surface area (Å²) in [5.41, 5.74) is 0.106. The van der Waals surface area contributed by atoms with Gasteiger partial charge in [-0.15, -0.1) is 12.4 Å². The highest BCUT2D eigenvalue weighted by molar-refractivity contribution is 6.32. The van der Waals surface area contributed by atoms with E-state index in [-0.39, 0.29) is 28.7 Å². The summed E-state index contributed by atoms with van der Waals surface area (Å²) in [7, 11) is 0. The summed E-state index contributed by atoms with van der Waals surface area (Å²) in [5, 5.41) is 11.2. The Morgan fingerprint density at radius 2 is 2.17 bits per heavy atom. The number of phenols is 1. The second kappa shape index (κ2) is 5.16. The van der Waals surface area contributed by atoms with Crippen molar-refractivity contribution in [2.45, 2.75) is 12.0 Å². The van der Waals surface area contributed by atoms with Gasteiger partial charge in [0, 0.05) is 0 Å². The molecule has 100 valence electrons. The lowest BCUT2D eigenvalue weighted by atomic mass is 10.00. The lowest BCUT2D eigenvalue weighted by molar-refractivity contribution is -0.104. The molecular formula is C10H9Cl2F2NO3. The monoisotopic (exact) mass is 299 g/mol. The molecule has 0 aromatic heterocycles. The number of hydrogen-bond donors (Lipinski definition) is 2. The van der Waals surface area contributed by atoms with Crippen LogP contribution in [0.25, 0.3) is 0 Å². The number of nitrogens with one attached hydrogen (secondary N) is 1. The highest BCUT2D eigenvalue weighted by Crippen LogP contribution is 2.36. The van der Waals surface area contributed by atoms with Crippen LogP contribution in [0.3, 0.4) is 0 Å². The number of aromatic hydroxyl groups is 1. The van der Waals surface area contributed by atoms with E-state index in [9.17, 15) is 18.7 Å². The maximum atomic E-state index is 13.5. The number of alkyl carbamates (subject to hydrolysis) is 1. The molecule has 2 rings (SSSR count). The normalized spacial score (nSPS) is 21.5. The van der Waals surface area contributed by atoms with Gasteiger partial charge in [0.1, 0.15) is 11.8 Å². The molecule has 0 radical (unpaired) electrons. The van der Waals surface area contributed by atoms with Crippen LogP contribution >= 0.6 is 24.0 Å². The number of benzene rings is 1. The van der Waals surface area contributed by atoms with Gasteiger partial charge in [0.25, 0.3) is 0 Å². The van der Waals surface area contributed by atoms with Crippen molar-refractivity contribution >= 4 is 30.1 Å². The van der Waals surface area contributed by atoms with Crippen LogP contribution in [0.4, 0.5) is 13.6 Å². The smallest absolute Gasteiger partial charge is 0.408 e. The molecule has 1 fully saturated rings. The van der Waals surface area contributed by atoms with E-state index < -0.39 is 24.7 Å². The molecule has 1 aliphatic heterocycles. The summed E-state index contributed by atoms with van der Waals surface area (Å²) in [4.78, 5) is 10.9. The van der Waals surface area contributed by atoms with Crippen molar-refractivity contribution in [1.82, 2.24) is 5.32 Å². The number of rotatable bonds is 1. The number of halogens is 4. The number of ether oxygens (including phenoxy) is 1. The van der Waals surface area contributed by atoms with Crippen LogP contribution in [0.15, 0.2) is 18.2 Å². The van der Waals surface area contributed by atoms with Gasteiger partial charge < -0.3 is 15.2 Å². The quantitative estimate of drug-likeness (QED) is 0.838. The first kappa shape index (κ1) is 14.8. The summed E-state index contributed by atoms with van der Waals surface area (Å²) in [6.07, 6.45) is -0.912. The molecule has 0 spiro atoms. The Hall–Kier alpha value is -1.27. The fourth-order valence-corrected chi connectivity index (χ4v) is 1.73. The van der Waals surface area contributed by atoms with Gasteiger partial charge in [0.05, 0.1) is 5.02 Å². The van der Waals surface area contributed by atoms with E-state index in [1.807, 2.05) is 5.32 Å². The van der Waals surface area contributed by atoms with Crippen LogP contribution in [0.5, 0.6) is 5.75 Å². The van der Waals surface area contributed by atoms with Crippen LogP contribution in [-0.4, -0.2) is 23.7 Å². The Balaban J connectivity index is 0.00000162. The third-order valence-electron chi connectivity index (χ3n) is 2.39. The van der Waals surface area contributed by atoms with E-state index in [0.717, 1.165) is 0 Å². The Bertz CT molecular complexity index is 470. The summed E-state index contributed by atoms with van der Waals surface area (Å²) >= 11 is 5.62. The van der Waals surface area contributed by atoms with Crippen LogP contribution < -0.4 is 5.32 Å². The Kier molecular flexibility index (Phi) is 4.24. The number of carbonyl (C=O) groups is 1. The van der Waals surface area contributed by atoms with Gasteiger partial charge in [0.2, 0.25) is 0 Å². The van der Waals surface area contributed by atoms with E-state index in [4.69, 9.17) is 11.6 Å². The van der Waals surface area contributed by atoms with Crippen molar-refractivity contribution in [3.63, 3.8) is 0 Å². The molecule has 0 unspecified atom stereocenters. The fraction of sp³-hybridized carbons (Fsp3) is 0.300. The first-order valence-corrected chi connectivity index (χ1v) is 5.07. The molecule has 1 atom stereocenters. The van der Waals surface area contributed by atoms with Crippen LogP contribution in [0.1, 0.15) is 11.6 Å². The fourth-order valence-electron chi connectivity index (χ4n) is 1.54. The highest BCUT2D eigenvalue weighted by atomic mass is 35.5. The molecule has 1 aromatic carbocycles. The second-order valence-corrected chi connectivity index (χ2v) is 4.03. The molecule has 1 aromatic rings. The molecule has 2 N–H and O–H groups in total. The van der Waals surface area contributed by atoms with E-state index >= 15 is 0 Å². The van der Waals surface area contributed by atoms with Gasteiger partial charge in [-0.3, -0.25) is 0 Å². The van der Waals surface area contributed by atoms with E-state index in [0.29, 0.717) is 0 Å². The third kappa shape index (κ3) is 2.76. The van der Waals surface area contributed by atoms with E-state index in [2.05, 4.69) is 4.74 Å². The van der Waals surface area contributed by atoms with Crippen molar-refractivity contribution in [2.24, 2.45) is 0 Å². The average molecular weight is 300 g/mol. The minimum absolute atomic E-state index is 0. The van der Waals surface area contributed by atoms with Crippen LogP contribution in [0.2, 0.25) is 5.02 Å². The molecule has 8 heteroatoms. The zero-order valence-corrected chi connectivity index (χ0v) is 10.4. The maximum absolute atomic E-state index is 13.5. The van der Waals surface area contributed by atoms with Gasteiger partial charge in [0.15, 0.2) is 6.61 Å². The molecule has 1 aliphatic rings. The molecule has 18 heavy (non-hydrogen) atoms. The lowest BCUT2D eigenvalue weighted by Gasteiger charge is -2.31.